The monoisotopic (exact) mass is 110 g/mol. The average Bonchev–Trinajstić information content (AvgIpc) is 1.61. The maximum Gasteiger partial charge on any atom is 1.00 e. The summed E-state index contributed by atoms with van der Waals surface area (Å²) in [4.78, 5) is 0. The van der Waals surface area contributed by atoms with Crippen molar-refractivity contribution < 1.29 is 39.4 Å². The normalized spacial score (nSPS) is 6.43. The first-order valence-corrected chi connectivity index (χ1v) is 1.72. The van der Waals surface area contributed by atoms with E-state index in [1.807, 2.05) is 0 Å². The molecule has 0 aliphatic carbocycles. The molecule has 0 aromatic rings. The van der Waals surface area contributed by atoms with Gasteiger partial charge in [-0.05, 0) is 0 Å². The third kappa shape index (κ3) is 10.7. The van der Waals surface area contributed by atoms with Crippen LogP contribution in [0.3, 0.4) is 0 Å². The molecule has 7 heavy (non-hydrogen) atoms. The minimum Gasteiger partial charge on any atom is -0.852 e. The average molecular weight is 110 g/mol. The zero-order valence-corrected chi connectivity index (χ0v) is 6.52. The predicted octanol–water partition coefficient (Wildman–Crippen LogP) is -3.49. The van der Waals surface area contributed by atoms with Crippen LogP contribution in [0.25, 0.3) is 0 Å². The molecule has 0 rings (SSSR count). The van der Waals surface area contributed by atoms with Crippen LogP contribution < -0.4 is 34.7 Å². The summed E-state index contributed by atoms with van der Waals surface area (Å²) in [5.74, 6) is 0. The van der Waals surface area contributed by atoms with Gasteiger partial charge in [-0.1, -0.05) is 6.58 Å². The van der Waals surface area contributed by atoms with Gasteiger partial charge in [0, 0.05) is 0 Å². The summed E-state index contributed by atoms with van der Waals surface area (Å²) in [5.41, 5.74) is 0. The molecule has 0 N–H and O–H groups in total. The summed E-state index contributed by atoms with van der Waals surface area (Å²) in [6, 6.07) is 0. The molecule has 0 unspecified atom stereocenters. The van der Waals surface area contributed by atoms with Crippen molar-refractivity contribution in [3.63, 3.8) is 0 Å². The molecule has 36 valence electrons. The Balaban J connectivity index is 0. The Morgan fingerprint density at radius 2 is 2.29 bits per heavy atom. The van der Waals surface area contributed by atoms with Crippen LogP contribution in [0, 0.1) is 0 Å². The van der Waals surface area contributed by atoms with Gasteiger partial charge in [0.1, 0.15) is 0 Å². The van der Waals surface area contributed by atoms with E-state index in [9.17, 15) is 5.11 Å². The van der Waals surface area contributed by atoms with Gasteiger partial charge in [-0.25, -0.2) is 0 Å². The Morgan fingerprint density at radius 1 is 1.71 bits per heavy atom. The minimum atomic E-state index is -0.188. The Bertz CT molecular complexity index is 38.7. The fraction of sp³-hybridized carbons (Fsp3) is 0.500. The summed E-state index contributed by atoms with van der Waals surface area (Å²) >= 11 is 0. The molecule has 0 bridgehead atoms. The molecule has 0 atom stereocenters. The largest absolute Gasteiger partial charge is 1.00 e. The van der Waals surface area contributed by atoms with E-state index in [0.29, 0.717) is 0 Å². The van der Waals surface area contributed by atoms with Gasteiger partial charge >= 0.3 is 29.6 Å². The maximum absolute atomic E-state index is 9.52. The second-order valence-corrected chi connectivity index (χ2v) is 0.742. The Morgan fingerprint density at radius 3 is 2.43 bits per heavy atom. The first kappa shape index (κ1) is 10.5. The van der Waals surface area contributed by atoms with Gasteiger partial charge < -0.3 is 9.84 Å². The van der Waals surface area contributed by atoms with Crippen LogP contribution in [0.5, 0.6) is 0 Å². The van der Waals surface area contributed by atoms with Crippen LogP contribution in [0.1, 0.15) is 0 Å². The van der Waals surface area contributed by atoms with Crippen molar-refractivity contribution in [2.45, 2.75) is 0 Å². The van der Waals surface area contributed by atoms with Gasteiger partial charge in [-0.2, -0.15) is 0 Å². The quantitative estimate of drug-likeness (QED) is 0.214. The van der Waals surface area contributed by atoms with Crippen molar-refractivity contribution in [2.75, 3.05) is 13.2 Å². The molecule has 0 radical (unpaired) electrons. The van der Waals surface area contributed by atoms with Crippen LogP contribution in [-0.2, 0) is 4.74 Å². The van der Waals surface area contributed by atoms with Gasteiger partial charge in [0.05, 0.1) is 12.9 Å². The van der Waals surface area contributed by atoms with E-state index in [-0.39, 0.29) is 42.8 Å². The summed E-state index contributed by atoms with van der Waals surface area (Å²) in [7, 11) is 0. The molecule has 0 amide bonds. The van der Waals surface area contributed by atoms with Crippen molar-refractivity contribution in [2.24, 2.45) is 0 Å². The van der Waals surface area contributed by atoms with Gasteiger partial charge in [-0.3, -0.25) is 0 Å². The van der Waals surface area contributed by atoms with Gasteiger partial charge in [-0.15, -0.1) is 6.61 Å². The topological polar surface area (TPSA) is 32.3 Å². The van der Waals surface area contributed by atoms with E-state index in [1.54, 1.807) is 0 Å². The molecular formula is C4H7NaO2. The third-order valence-corrected chi connectivity index (χ3v) is 0.319. The molecule has 0 saturated carbocycles. The van der Waals surface area contributed by atoms with Crippen LogP contribution in [0.4, 0.5) is 0 Å². The van der Waals surface area contributed by atoms with Crippen molar-refractivity contribution in [3.8, 4) is 0 Å². The van der Waals surface area contributed by atoms with Crippen LogP contribution in [-0.4, -0.2) is 13.2 Å². The molecule has 0 aliphatic rings. The maximum atomic E-state index is 9.52. The first-order valence-electron chi connectivity index (χ1n) is 1.72. The molecule has 2 nitrogen and oxygen atoms in total. The van der Waals surface area contributed by atoms with E-state index in [0.717, 1.165) is 0 Å². The Hall–Kier alpha value is 0.500. The third-order valence-electron chi connectivity index (χ3n) is 0.319. The van der Waals surface area contributed by atoms with Gasteiger partial charge in [0.15, 0.2) is 0 Å². The summed E-state index contributed by atoms with van der Waals surface area (Å²) in [6.45, 7) is 3.29. The summed E-state index contributed by atoms with van der Waals surface area (Å²) < 4.78 is 4.43. The van der Waals surface area contributed by atoms with E-state index >= 15 is 0 Å². The molecule has 0 heterocycles. The van der Waals surface area contributed by atoms with E-state index in [1.165, 1.54) is 6.26 Å². The second kappa shape index (κ2) is 9.71. The van der Waals surface area contributed by atoms with Crippen molar-refractivity contribution >= 4 is 0 Å². The molecule has 0 aromatic heterocycles. The van der Waals surface area contributed by atoms with Gasteiger partial charge in [0.2, 0.25) is 0 Å². The predicted molar refractivity (Wildman–Crippen MR) is 21.0 cm³/mol. The van der Waals surface area contributed by atoms with E-state index in [4.69, 9.17) is 0 Å². The van der Waals surface area contributed by atoms with Crippen molar-refractivity contribution in [3.05, 3.63) is 12.8 Å². The number of hydrogen-bond acceptors (Lipinski definition) is 2. The number of hydrogen-bond donors (Lipinski definition) is 0. The SMILES string of the molecule is C=COCC[O-].[Na+]. The molecule has 0 aromatic carbocycles. The zero-order valence-electron chi connectivity index (χ0n) is 4.52. The molecule has 0 aliphatic heterocycles. The minimum absolute atomic E-state index is 0. The zero-order chi connectivity index (χ0) is 4.83. The van der Waals surface area contributed by atoms with Gasteiger partial charge in [0.25, 0.3) is 0 Å². The molecule has 0 saturated heterocycles. The fourth-order valence-corrected chi connectivity index (χ4v) is 0.131. The number of ether oxygens (including phenoxy) is 1. The smallest absolute Gasteiger partial charge is 0.852 e. The molecule has 3 heteroatoms. The standard InChI is InChI=1S/C4H7O2.Na/c1-2-6-4-3-5;/h2H,1,3-4H2;/q-1;+1. The summed E-state index contributed by atoms with van der Waals surface area (Å²) in [6.07, 6.45) is 1.26. The van der Waals surface area contributed by atoms with Crippen LogP contribution in [0.2, 0.25) is 0 Å². The molecular weight excluding hydrogens is 103 g/mol. The van der Waals surface area contributed by atoms with Crippen LogP contribution in [0.15, 0.2) is 12.8 Å². The Labute approximate surface area is 65.5 Å². The first-order chi connectivity index (χ1) is 2.91. The fourth-order valence-electron chi connectivity index (χ4n) is 0.131. The molecule has 0 fully saturated rings. The molecule has 0 spiro atoms. The van der Waals surface area contributed by atoms with E-state index in [2.05, 4.69) is 11.3 Å². The Kier molecular flexibility index (Phi) is 14.5. The summed E-state index contributed by atoms with van der Waals surface area (Å²) in [5, 5.41) is 9.52. The second-order valence-electron chi connectivity index (χ2n) is 0.742. The van der Waals surface area contributed by atoms with Crippen molar-refractivity contribution in [1.82, 2.24) is 0 Å². The van der Waals surface area contributed by atoms with Crippen LogP contribution >= 0.6 is 0 Å². The van der Waals surface area contributed by atoms with E-state index < -0.39 is 0 Å². The number of rotatable bonds is 3. The van der Waals surface area contributed by atoms with Crippen molar-refractivity contribution in [1.29, 1.82) is 0 Å².